The van der Waals surface area contributed by atoms with E-state index in [2.05, 4.69) is 25.6 Å². The molecule has 5 rings (SSSR count). The van der Waals surface area contributed by atoms with Crippen LogP contribution < -0.4 is 10.6 Å². The molecule has 0 bridgehead atoms. The van der Waals surface area contributed by atoms with Crippen LogP contribution in [0.15, 0.2) is 53.3 Å². The van der Waals surface area contributed by atoms with E-state index >= 15 is 0 Å². The normalized spacial score (nSPS) is 18.4. The summed E-state index contributed by atoms with van der Waals surface area (Å²) < 4.78 is 14.6. The molecule has 2 aliphatic rings. The summed E-state index contributed by atoms with van der Waals surface area (Å²) in [6.07, 6.45) is 5.09. The summed E-state index contributed by atoms with van der Waals surface area (Å²) in [7, 11) is 0. The predicted molar refractivity (Wildman–Crippen MR) is 133 cm³/mol. The Morgan fingerprint density at radius 3 is 3.11 bits per heavy atom. The van der Waals surface area contributed by atoms with Gasteiger partial charge in [-0.05, 0) is 43.4 Å². The Morgan fingerprint density at radius 2 is 2.26 bits per heavy atom. The van der Waals surface area contributed by atoms with E-state index in [9.17, 15) is 14.3 Å². The van der Waals surface area contributed by atoms with E-state index in [0.717, 1.165) is 23.8 Å². The lowest BCUT2D eigenvalue weighted by molar-refractivity contribution is 0.0671. The number of aliphatic imine (C=N–C) groups is 1. The van der Waals surface area contributed by atoms with Crippen molar-refractivity contribution in [3.05, 3.63) is 70.0 Å². The lowest BCUT2D eigenvalue weighted by atomic mass is 9.97. The van der Waals surface area contributed by atoms with Crippen molar-refractivity contribution >= 4 is 34.4 Å². The lowest BCUT2D eigenvalue weighted by Gasteiger charge is -2.33. The van der Waals surface area contributed by atoms with Gasteiger partial charge in [-0.2, -0.15) is 0 Å². The Balaban J connectivity index is 1.24. The van der Waals surface area contributed by atoms with Crippen molar-refractivity contribution in [3.63, 3.8) is 0 Å². The fourth-order valence-electron chi connectivity index (χ4n) is 4.58. The summed E-state index contributed by atoms with van der Waals surface area (Å²) in [4.78, 5) is 26.4. The first-order valence-corrected chi connectivity index (χ1v) is 11.9. The first-order chi connectivity index (χ1) is 16.9. The molecule has 1 fully saturated rings. The fourth-order valence-corrected chi connectivity index (χ4v) is 4.74. The fraction of sp³-hybridized carbons (Fsp3) is 0.320. The number of H-pyrrole nitrogens is 1. The third kappa shape index (κ3) is 4.68. The third-order valence-corrected chi connectivity index (χ3v) is 6.69. The van der Waals surface area contributed by atoms with Crippen LogP contribution in [-0.4, -0.2) is 57.9 Å². The quantitative estimate of drug-likeness (QED) is 0.429. The number of para-hydroxylation sites is 1. The number of fused-ring (bicyclic) bond motifs is 1. The minimum Gasteiger partial charge on any atom is -0.507 e. The number of phenolic OH excluding ortho intramolecular Hbond substituents is 1. The van der Waals surface area contributed by atoms with Crippen molar-refractivity contribution in [3.8, 4) is 5.75 Å². The Hall–Kier alpha value is -3.59. The molecule has 2 aromatic heterocycles. The zero-order chi connectivity index (χ0) is 24.5. The van der Waals surface area contributed by atoms with Gasteiger partial charge in [-0.15, -0.1) is 0 Å². The zero-order valence-corrected chi connectivity index (χ0v) is 20.0. The van der Waals surface area contributed by atoms with Gasteiger partial charge in [0.1, 0.15) is 23.1 Å². The SMILES string of the molecule is Cc1cccc(C(=O)N2CCC[C@H](CNC3=C(F)CN=C(c4c[nH]c5ncc(Cl)cc45)N3)C2)c1O. The number of pyridine rings is 1. The number of halogens is 2. The number of aromatic nitrogens is 2. The lowest BCUT2D eigenvalue weighted by Crippen LogP contribution is -2.44. The standard InChI is InChI=1S/C25H26ClFN6O2/c1-14-4-2-6-17(21(14)34)25(35)33-7-3-5-15(13-33)9-28-24-20(27)12-31-23(32-24)19-11-30-22-18(19)8-16(26)10-29-22/h2,4,6,8,10-11,15,28,34H,3,5,7,9,12-13H2,1H3,(H,29,30)(H,31,32)/t15-/m1/s1. The van der Waals surface area contributed by atoms with Crippen LogP contribution in [0, 0.1) is 12.8 Å². The summed E-state index contributed by atoms with van der Waals surface area (Å²) in [5, 5.41) is 17.9. The first kappa shape index (κ1) is 23.2. The van der Waals surface area contributed by atoms with Gasteiger partial charge in [0.25, 0.3) is 5.91 Å². The highest BCUT2D eigenvalue weighted by molar-refractivity contribution is 6.31. The van der Waals surface area contributed by atoms with Crippen LogP contribution in [0.1, 0.15) is 34.3 Å². The van der Waals surface area contributed by atoms with E-state index in [1.807, 2.05) is 0 Å². The first-order valence-electron chi connectivity index (χ1n) is 11.6. The molecule has 0 radical (unpaired) electrons. The number of amidine groups is 1. The van der Waals surface area contributed by atoms with Crippen molar-refractivity contribution in [1.82, 2.24) is 25.5 Å². The van der Waals surface area contributed by atoms with Crippen LogP contribution >= 0.6 is 11.6 Å². The second-order valence-electron chi connectivity index (χ2n) is 8.93. The molecule has 4 N–H and O–H groups in total. The summed E-state index contributed by atoms with van der Waals surface area (Å²) in [6, 6.07) is 6.98. The van der Waals surface area contributed by atoms with E-state index in [4.69, 9.17) is 11.6 Å². The van der Waals surface area contributed by atoms with Crippen molar-refractivity contribution in [2.45, 2.75) is 19.8 Å². The molecule has 0 spiro atoms. The number of likely N-dealkylation sites (tertiary alicyclic amines) is 1. The molecule has 0 saturated carbocycles. The molecule has 35 heavy (non-hydrogen) atoms. The van der Waals surface area contributed by atoms with E-state index < -0.39 is 0 Å². The molecule has 0 unspecified atom stereocenters. The molecular formula is C25H26ClFN6O2. The Kier molecular flexibility index (Phi) is 6.34. The minimum atomic E-state index is -0.377. The highest BCUT2D eigenvalue weighted by Gasteiger charge is 2.27. The molecule has 1 amide bonds. The smallest absolute Gasteiger partial charge is 0.257 e. The molecule has 182 valence electrons. The van der Waals surface area contributed by atoms with Gasteiger partial charge in [0, 0.05) is 43.0 Å². The zero-order valence-electron chi connectivity index (χ0n) is 19.2. The molecule has 10 heteroatoms. The number of amides is 1. The second kappa shape index (κ2) is 9.58. The molecule has 8 nitrogen and oxygen atoms in total. The average molecular weight is 497 g/mol. The summed E-state index contributed by atoms with van der Waals surface area (Å²) in [5.74, 6) is 0.409. The number of aromatic hydroxyl groups is 1. The topological polar surface area (TPSA) is 106 Å². The monoisotopic (exact) mass is 496 g/mol. The molecular weight excluding hydrogens is 471 g/mol. The van der Waals surface area contributed by atoms with E-state index in [0.29, 0.717) is 47.3 Å². The Morgan fingerprint density at radius 1 is 1.40 bits per heavy atom. The molecule has 2 aliphatic heterocycles. The van der Waals surface area contributed by atoms with Crippen LogP contribution in [0.3, 0.4) is 0 Å². The van der Waals surface area contributed by atoms with Gasteiger partial charge < -0.3 is 25.6 Å². The molecule has 1 atom stereocenters. The van der Waals surface area contributed by atoms with Gasteiger partial charge >= 0.3 is 0 Å². The van der Waals surface area contributed by atoms with Crippen LogP contribution in [0.4, 0.5) is 4.39 Å². The highest BCUT2D eigenvalue weighted by atomic mass is 35.5. The number of carbonyl (C=O) groups is 1. The van der Waals surface area contributed by atoms with E-state index in [1.54, 1.807) is 48.5 Å². The number of rotatable bonds is 5. The van der Waals surface area contributed by atoms with Gasteiger partial charge in [-0.25, -0.2) is 9.37 Å². The number of nitrogens with zero attached hydrogens (tertiary/aromatic N) is 3. The van der Waals surface area contributed by atoms with Crippen LogP contribution in [0.5, 0.6) is 5.75 Å². The second-order valence-corrected chi connectivity index (χ2v) is 9.37. The van der Waals surface area contributed by atoms with Crippen LogP contribution in [0.25, 0.3) is 11.0 Å². The molecule has 1 saturated heterocycles. The minimum absolute atomic E-state index is 0.0250. The van der Waals surface area contributed by atoms with Crippen LogP contribution in [0.2, 0.25) is 5.02 Å². The molecule has 4 heterocycles. The summed E-state index contributed by atoms with van der Waals surface area (Å²) >= 11 is 6.10. The predicted octanol–water partition coefficient (Wildman–Crippen LogP) is 3.86. The van der Waals surface area contributed by atoms with Crippen molar-refractivity contribution < 1.29 is 14.3 Å². The molecule has 3 aromatic rings. The van der Waals surface area contributed by atoms with Crippen molar-refractivity contribution in [1.29, 1.82) is 0 Å². The largest absolute Gasteiger partial charge is 0.507 e. The number of hydrogen-bond acceptors (Lipinski definition) is 6. The van der Waals surface area contributed by atoms with Crippen molar-refractivity contribution in [2.24, 2.45) is 10.9 Å². The highest BCUT2D eigenvalue weighted by Crippen LogP contribution is 2.26. The maximum atomic E-state index is 14.6. The van der Waals surface area contributed by atoms with Crippen LogP contribution in [-0.2, 0) is 0 Å². The number of aromatic amines is 1. The van der Waals surface area contributed by atoms with Gasteiger partial charge in [-0.3, -0.25) is 9.79 Å². The number of carbonyl (C=O) groups excluding carboxylic acids is 1. The number of nitrogens with one attached hydrogen (secondary N) is 3. The van der Waals surface area contributed by atoms with E-state index in [-0.39, 0.29) is 35.8 Å². The molecule has 0 aliphatic carbocycles. The summed E-state index contributed by atoms with van der Waals surface area (Å²) in [5.41, 5.74) is 2.41. The summed E-state index contributed by atoms with van der Waals surface area (Å²) in [6.45, 7) is 3.35. The number of piperidine rings is 1. The maximum absolute atomic E-state index is 14.6. The average Bonchev–Trinajstić information content (AvgIpc) is 3.28. The Bertz CT molecular complexity index is 1350. The van der Waals surface area contributed by atoms with Gasteiger partial charge in [0.15, 0.2) is 5.83 Å². The molecule has 1 aromatic carbocycles. The van der Waals surface area contributed by atoms with E-state index in [1.165, 1.54) is 0 Å². The number of hydrogen-bond donors (Lipinski definition) is 4. The number of aryl methyl sites for hydroxylation is 1. The van der Waals surface area contributed by atoms with Gasteiger partial charge in [0.2, 0.25) is 0 Å². The Labute approximate surface area is 206 Å². The van der Waals surface area contributed by atoms with Gasteiger partial charge in [0.05, 0.1) is 17.1 Å². The number of benzene rings is 1. The third-order valence-electron chi connectivity index (χ3n) is 6.49. The number of phenols is 1. The van der Waals surface area contributed by atoms with Crippen molar-refractivity contribution in [2.75, 3.05) is 26.2 Å². The van der Waals surface area contributed by atoms with Gasteiger partial charge in [-0.1, -0.05) is 23.7 Å². The maximum Gasteiger partial charge on any atom is 0.257 e.